The first-order chi connectivity index (χ1) is 15.2. The number of sulfonamides is 1. The quantitative estimate of drug-likeness (QED) is 0.384. The van der Waals surface area contributed by atoms with Crippen LogP contribution in [0, 0.1) is 6.92 Å². The zero-order valence-electron chi connectivity index (χ0n) is 17.5. The molecule has 0 bridgehead atoms. The molecule has 0 radical (unpaired) electrons. The number of hydrogen-bond donors (Lipinski definition) is 1. The average molecular weight is 488 g/mol. The minimum Gasteiger partial charge on any atom is -0.291 e. The predicted octanol–water partition coefficient (Wildman–Crippen LogP) is 3.47. The molecule has 1 aromatic carbocycles. The highest BCUT2D eigenvalue weighted by Gasteiger charge is 2.18. The van der Waals surface area contributed by atoms with Crippen molar-refractivity contribution in [2.75, 3.05) is 12.8 Å². The standard InChI is InChI=1S/C22H21N3O4S3/c1-14-19-21(31-20(14)15-6-4-3-5-7-15)23-13-25(22(19)27)12-17(26)18-9-8-16(30-18)10-11-24-32(2,28)29/h3-9,13,24H,10-12H2,1-2H3. The summed E-state index contributed by atoms with van der Waals surface area (Å²) in [6.45, 7) is 2.08. The third-order valence-corrected chi connectivity index (χ3v) is 8.10. The van der Waals surface area contributed by atoms with E-state index in [1.165, 1.54) is 33.6 Å². The Bertz CT molecular complexity index is 1450. The smallest absolute Gasteiger partial charge is 0.262 e. The van der Waals surface area contributed by atoms with Gasteiger partial charge in [0.25, 0.3) is 5.56 Å². The van der Waals surface area contributed by atoms with Gasteiger partial charge in [-0.15, -0.1) is 22.7 Å². The van der Waals surface area contributed by atoms with Crippen LogP contribution in [0.1, 0.15) is 20.1 Å². The number of ketones is 1. The number of nitrogens with zero attached hydrogens (tertiary/aromatic N) is 2. The SMILES string of the molecule is Cc1c(-c2ccccc2)sc2ncn(CC(=O)c3ccc(CCNS(C)(=O)=O)s3)c(=O)c12. The van der Waals surface area contributed by atoms with E-state index in [9.17, 15) is 18.0 Å². The van der Waals surface area contributed by atoms with E-state index in [0.717, 1.165) is 27.1 Å². The summed E-state index contributed by atoms with van der Waals surface area (Å²) in [5.74, 6) is -0.184. The first kappa shape index (κ1) is 22.5. The van der Waals surface area contributed by atoms with Crippen molar-refractivity contribution in [3.05, 3.63) is 74.5 Å². The molecule has 1 N–H and O–H groups in total. The molecule has 0 aliphatic heterocycles. The van der Waals surface area contributed by atoms with E-state index in [1.54, 1.807) is 12.1 Å². The van der Waals surface area contributed by atoms with E-state index < -0.39 is 10.0 Å². The number of hydrogen-bond acceptors (Lipinski definition) is 7. The Kier molecular flexibility index (Phi) is 6.38. The van der Waals surface area contributed by atoms with Crippen LogP contribution in [0.5, 0.6) is 0 Å². The fourth-order valence-corrected chi connectivity index (χ4v) is 5.95. The molecule has 7 nitrogen and oxygen atoms in total. The molecule has 0 unspecified atom stereocenters. The van der Waals surface area contributed by atoms with E-state index in [2.05, 4.69) is 9.71 Å². The highest BCUT2D eigenvalue weighted by molar-refractivity contribution is 7.88. The van der Waals surface area contributed by atoms with E-state index in [4.69, 9.17) is 0 Å². The molecule has 32 heavy (non-hydrogen) atoms. The average Bonchev–Trinajstić information content (AvgIpc) is 3.35. The topological polar surface area (TPSA) is 98.1 Å². The van der Waals surface area contributed by atoms with Crippen molar-refractivity contribution in [1.82, 2.24) is 14.3 Å². The van der Waals surface area contributed by atoms with Crippen molar-refractivity contribution in [3.8, 4) is 10.4 Å². The molecule has 0 spiro atoms. The van der Waals surface area contributed by atoms with Gasteiger partial charge in [0.1, 0.15) is 4.83 Å². The fraction of sp³-hybridized carbons (Fsp3) is 0.227. The Labute approximate surface area is 193 Å². The normalized spacial score (nSPS) is 11.8. The van der Waals surface area contributed by atoms with Crippen molar-refractivity contribution in [3.63, 3.8) is 0 Å². The van der Waals surface area contributed by atoms with Crippen LogP contribution in [-0.2, 0) is 23.0 Å². The van der Waals surface area contributed by atoms with Gasteiger partial charge < -0.3 is 0 Å². The highest BCUT2D eigenvalue weighted by Crippen LogP contribution is 2.35. The first-order valence-electron chi connectivity index (χ1n) is 9.83. The molecule has 0 aliphatic carbocycles. The fourth-order valence-electron chi connectivity index (χ4n) is 3.39. The lowest BCUT2D eigenvalue weighted by Crippen LogP contribution is -2.24. The second kappa shape index (κ2) is 9.07. The number of nitrogens with one attached hydrogen (secondary N) is 1. The number of rotatable bonds is 8. The van der Waals surface area contributed by atoms with E-state index in [0.29, 0.717) is 21.5 Å². The summed E-state index contributed by atoms with van der Waals surface area (Å²) in [5.41, 5.74) is 1.67. The molecule has 0 aliphatic rings. The molecule has 166 valence electrons. The third-order valence-electron chi connectivity index (χ3n) is 4.94. The van der Waals surface area contributed by atoms with E-state index in [-0.39, 0.29) is 24.4 Å². The number of thiophene rings is 2. The van der Waals surface area contributed by atoms with Crippen molar-refractivity contribution in [2.45, 2.75) is 19.9 Å². The Morgan fingerprint density at radius 2 is 1.88 bits per heavy atom. The molecule has 10 heteroatoms. The molecular weight excluding hydrogens is 466 g/mol. The summed E-state index contributed by atoms with van der Waals surface area (Å²) < 4.78 is 26.1. The number of aryl methyl sites for hydroxylation is 1. The van der Waals surface area contributed by atoms with Crippen LogP contribution < -0.4 is 10.3 Å². The number of carbonyl (C=O) groups is 1. The van der Waals surface area contributed by atoms with Crippen molar-refractivity contribution < 1.29 is 13.2 Å². The van der Waals surface area contributed by atoms with Gasteiger partial charge in [-0.3, -0.25) is 14.2 Å². The summed E-state index contributed by atoms with van der Waals surface area (Å²) in [5, 5.41) is 0.544. The van der Waals surface area contributed by atoms with Gasteiger partial charge in [-0.25, -0.2) is 18.1 Å². The van der Waals surface area contributed by atoms with Gasteiger partial charge in [0.15, 0.2) is 5.78 Å². The Balaban J connectivity index is 1.55. The molecule has 4 aromatic rings. The monoisotopic (exact) mass is 487 g/mol. The van der Waals surface area contributed by atoms with Crippen molar-refractivity contribution in [1.29, 1.82) is 0 Å². The van der Waals surface area contributed by atoms with Crippen LogP contribution in [0.2, 0.25) is 0 Å². The van der Waals surface area contributed by atoms with Gasteiger partial charge in [0.05, 0.1) is 29.4 Å². The third kappa shape index (κ3) is 4.88. The molecule has 0 fully saturated rings. The van der Waals surface area contributed by atoms with Gasteiger partial charge in [0.2, 0.25) is 10.0 Å². The maximum absolute atomic E-state index is 13.1. The minimum atomic E-state index is -3.24. The second-order valence-electron chi connectivity index (χ2n) is 7.39. The van der Waals surface area contributed by atoms with Crippen LogP contribution in [0.15, 0.2) is 53.6 Å². The number of aromatic nitrogens is 2. The van der Waals surface area contributed by atoms with Crippen LogP contribution in [0.25, 0.3) is 20.7 Å². The lowest BCUT2D eigenvalue weighted by Gasteiger charge is -2.04. The van der Waals surface area contributed by atoms with E-state index in [1.807, 2.05) is 37.3 Å². The summed E-state index contributed by atoms with van der Waals surface area (Å²) in [7, 11) is -3.24. The molecule has 0 saturated heterocycles. The molecule has 0 amide bonds. The molecule has 0 saturated carbocycles. The predicted molar refractivity (Wildman–Crippen MR) is 129 cm³/mol. The minimum absolute atomic E-state index is 0.0979. The Morgan fingerprint density at radius 1 is 1.12 bits per heavy atom. The summed E-state index contributed by atoms with van der Waals surface area (Å²) in [4.78, 5) is 33.4. The van der Waals surface area contributed by atoms with Gasteiger partial charge in [-0.2, -0.15) is 0 Å². The van der Waals surface area contributed by atoms with E-state index >= 15 is 0 Å². The van der Waals surface area contributed by atoms with Crippen molar-refractivity contribution in [2.24, 2.45) is 0 Å². The zero-order chi connectivity index (χ0) is 22.9. The van der Waals surface area contributed by atoms with Crippen LogP contribution in [0.3, 0.4) is 0 Å². The summed E-state index contributed by atoms with van der Waals surface area (Å²) in [6.07, 6.45) is 3.03. The molecule has 3 heterocycles. The maximum atomic E-state index is 13.1. The first-order valence-corrected chi connectivity index (χ1v) is 13.4. The number of carbonyl (C=O) groups excluding carboxylic acids is 1. The van der Waals surface area contributed by atoms with Crippen molar-refractivity contribution >= 4 is 48.7 Å². The van der Waals surface area contributed by atoms with Gasteiger partial charge in [-0.1, -0.05) is 30.3 Å². The highest BCUT2D eigenvalue weighted by atomic mass is 32.2. The maximum Gasteiger partial charge on any atom is 0.262 e. The number of fused-ring (bicyclic) bond motifs is 1. The van der Waals surface area contributed by atoms with Gasteiger partial charge >= 0.3 is 0 Å². The summed E-state index contributed by atoms with van der Waals surface area (Å²) >= 11 is 2.78. The lowest BCUT2D eigenvalue weighted by atomic mass is 10.1. The molecule has 4 rings (SSSR count). The molecule has 3 aromatic heterocycles. The van der Waals surface area contributed by atoms with Gasteiger partial charge in [0, 0.05) is 16.3 Å². The lowest BCUT2D eigenvalue weighted by molar-refractivity contribution is 0.0974. The largest absolute Gasteiger partial charge is 0.291 e. The van der Waals surface area contributed by atoms with Crippen LogP contribution in [-0.4, -0.2) is 36.6 Å². The Morgan fingerprint density at radius 3 is 2.59 bits per heavy atom. The summed E-state index contributed by atoms with van der Waals surface area (Å²) in [6, 6.07) is 13.4. The zero-order valence-corrected chi connectivity index (χ0v) is 19.9. The number of benzene rings is 1. The van der Waals surface area contributed by atoms with Crippen LogP contribution in [0.4, 0.5) is 0 Å². The van der Waals surface area contributed by atoms with Crippen LogP contribution >= 0.6 is 22.7 Å². The molecule has 0 atom stereocenters. The Hall–Kier alpha value is -2.66. The second-order valence-corrected chi connectivity index (χ2v) is 11.4. The molecular formula is C22H21N3O4S3. The number of Topliss-reactive ketones (excluding diaryl/α,β-unsaturated/α-hetero) is 1. The van der Waals surface area contributed by atoms with Gasteiger partial charge in [-0.05, 0) is 36.6 Å².